The average Bonchev–Trinajstić information content (AvgIpc) is 2.31. The molecule has 0 fully saturated rings. The molecule has 0 aliphatic heterocycles. The van der Waals surface area contributed by atoms with Gasteiger partial charge in [-0.1, -0.05) is 12.2 Å². The first kappa shape index (κ1) is 9.66. The monoisotopic (exact) mass is 200 g/mol. The Labute approximate surface area is 88.7 Å². The molecule has 1 atom stereocenters. The van der Waals surface area contributed by atoms with E-state index in [9.17, 15) is 0 Å². The Morgan fingerprint density at radius 3 is 2.93 bits per heavy atom. The van der Waals surface area contributed by atoms with E-state index in [1.165, 1.54) is 12.6 Å². The molecule has 0 spiro atoms. The molecule has 1 aromatic heterocycles. The fraction of sp³-hybridized carbons (Fsp3) is 0.364. The lowest BCUT2D eigenvalue weighted by Gasteiger charge is -2.17. The van der Waals surface area contributed by atoms with Crippen molar-refractivity contribution in [1.29, 1.82) is 5.26 Å². The van der Waals surface area contributed by atoms with Crippen LogP contribution in [0.4, 0.5) is 5.82 Å². The summed E-state index contributed by atoms with van der Waals surface area (Å²) in [6.45, 7) is 0. The molecule has 1 heterocycles. The second kappa shape index (κ2) is 4.56. The van der Waals surface area contributed by atoms with Gasteiger partial charge in [0.25, 0.3) is 0 Å². The van der Waals surface area contributed by atoms with Crippen LogP contribution in [0.15, 0.2) is 24.5 Å². The molecule has 4 nitrogen and oxygen atoms in total. The molecule has 1 aromatic rings. The molecule has 15 heavy (non-hydrogen) atoms. The SMILES string of the molecule is N#Cc1cnc(NC2C=CCCC2)cn1. The molecule has 0 aromatic carbocycles. The zero-order valence-corrected chi connectivity index (χ0v) is 8.35. The number of anilines is 1. The third-order valence-electron chi connectivity index (χ3n) is 2.35. The summed E-state index contributed by atoms with van der Waals surface area (Å²) in [6, 6.07) is 2.29. The van der Waals surface area contributed by atoms with Gasteiger partial charge in [0.1, 0.15) is 11.9 Å². The van der Waals surface area contributed by atoms with Crippen molar-refractivity contribution in [2.45, 2.75) is 25.3 Å². The molecular formula is C11H12N4. The van der Waals surface area contributed by atoms with E-state index < -0.39 is 0 Å². The van der Waals surface area contributed by atoms with Crippen LogP contribution in [-0.2, 0) is 0 Å². The van der Waals surface area contributed by atoms with Gasteiger partial charge >= 0.3 is 0 Å². The molecule has 1 N–H and O–H groups in total. The van der Waals surface area contributed by atoms with E-state index in [4.69, 9.17) is 5.26 Å². The van der Waals surface area contributed by atoms with Gasteiger partial charge in [0, 0.05) is 6.04 Å². The maximum Gasteiger partial charge on any atom is 0.158 e. The first-order valence-corrected chi connectivity index (χ1v) is 5.04. The summed E-state index contributed by atoms with van der Waals surface area (Å²) < 4.78 is 0. The summed E-state index contributed by atoms with van der Waals surface area (Å²) in [4.78, 5) is 8.07. The van der Waals surface area contributed by atoms with Gasteiger partial charge in [-0.25, -0.2) is 9.97 Å². The third-order valence-corrected chi connectivity index (χ3v) is 2.35. The van der Waals surface area contributed by atoms with Crippen molar-refractivity contribution < 1.29 is 0 Å². The Morgan fingerprint density at radius 1 is 1.40 bits per heavy atom. The molecule has 1 unspecified atom stereocenters. The lowest BCUT2D eigenvalue weighted by molar-refractivity contribution is 0.671. The highest BCUT2D eigenvalue weighted by Crippen LogP contribution is 2.14. The number of hydrogen-bond acceptors (Lipinski definition) is 4. The zero-order chi connectivity index (χ0) is 10.5. The highest BCUT2D eigenvalue weighted by molar-refractivity contribution is 5.36. The Kier molecular flexibility index (Phi) is 2.93. The van der Waals surface area contributed by atoms with Gasteiger partial charge in [0.15, 0.2) is 5.69 Å². The molecule has 0 bridgehead atoms. The molecule has 0 amide bonds. The number of hydrogen-bond donors (Lipinski definition) is 1. The average molecular weight is 200 g/mol. The first-order chi connectivity index (χ1) is 7.38. The standard InChI is InChI=1S/C11H12N4/c12-6-10-7-14-11(8-13-10)15-9-4-2-1-3-5-9/h2,4,7-9H,1,3,5H2,(H,14,15). The summed E-state index contributed by atoms with van der Waals surface area (Å²) in [5.41, 5.74) is 0.347. The van der Waals surface area contributed by atoms with Crippen LogP contribution in [0.1, 0.15) is 25.0 Å². The molecule has 4 heteroatoms. The van der Waals surface area contributed by atoms with Crippen molar-refractivity contribution in [3.8, 4) is 6.07 Å². The van der Waals surface area contributed by atoms with Gasteiger partial charge < -0.3 is 5.32 Å². The Balaban J connectivity index is 2.01. The second-order valence-electron chi connectivity index (χ2n) is 3.51. The Hall–Kier alpha value is -1.89. The van der Waals surface area contributed by atoms with E-state index in [-0.39, 0.29) is 0 Å². The molecule has 0 saturated heterocycles. The van der Waals surface area contributed by atoms with Crippen molar-refractivity contribution in [3.05, 3.63) is 30.2 Å². The van der Waals surface area contributed by atoms with Crippen LogP contribution < -0.4 is 5.32 Å². The fourth-order valence-corrected chi connectivity index (χ4v) is 1.58. The van der Waals surface area contributed by atoms with Gasteiger partial charge in [-0.05, 0) is 19.3 Å². The lowest BCUT2D eigenvalue weighted by Crippen LogP contribution is -2.19. The number of rotatable bonds is 2. The first-order valence-electron chi connectivity index (χ1n) is 5.04. The topological polar surface area (TPSA) is 61.6 Å². The van der Waals surface area contributed by atoms with E-state index in [1.807, 2.05) is 6.07 Å². The minimum absolute atomic E-state index is 0.347. The molecule has 0 saturated carbocycles. The van der Waals surface area contributed by atoms with Crippen LogP contribution in [0.3, 0.4) is 0 Å². The van der Waals surface area contributed by atoms with E-state index in [2.05, 4.69) is 27.4 Å². The highest BCUT2D eigenvalue weighted by atomic mass is 15.0. The number of nitrogens with zero attached hydrogens (tertiary/aromatic N) is 3. The quantitative estimate of drug-likeness (QED) is 0.740. The number of allylic oxidation sites excluding steroid dienone is 1. The van der Waals surface area contributed by atoms with Crippen molar-refractivity contribution >= 4 is 5.82 Å². The van der Waals surface area contributed by atoms with Crippen LogP contribution in [0.5, 0.6) is 0 Å². The van der Waals surface area contributed by atoms with Gasteiger partial charge in [-0.2, -0.15) is 5.26 Å². The Bertz CT molecular complexity index is 388. The summed E-state index contributed by atoms with van der Waals surface area (Å²) in [7, 11) is 0. The molecule has 76 valence electrons. The van der Waals surface area contributed by atoms with E-state index >= 15 is 0 Å². The van der Waals surface area contributed by atoms with Crippen molar-refractivity contribution in [3.63, 3.8) is 0 Å². The molecule has 1 aliphatic carbocycles. The van der Waals surface area contributed by atoms with Gasteiger partial charge in [-0.15, -0.1) is 0 Å². The van der Waals surface area contributed by atoms with Crippen molar-refractivity contribution in [2.75, 3.05) is 5.32 Å². The predicted molar refractivity (Wildman–Crippen MR) is 57.1 cm³/mol. The summed E-state index contributed by atoms with van der Waals surface area (Å²) in [5, 5.41) is 11.8. The van der Waals surface area contributed by atoms with Crippen LogP contribution in [-0.4, -0.2) is 16.0 Å². The maximum absolute atomic E-state index is 8.57. The lowest BCUT2D eigenvalue weighted by atomic mass is 10.0. The highest BCUT2D eigenvalue weighted by Gasteiger charge is 2.08. The van der Waals surface area contributed by atoms with Crippen molar-refractivity contribution in [2.24, 2.45) is 0 Å². The molecule has 0 radical (unpaired) electrons. The maximum atomic E-state index is 8.57. The number of nitrogens with one attached hydrogen (secondary N) is 1. The van der Waals surface area contributed by atoms with Crippen LogP contribution in [0, 0.1) is 11.3 Å². The summed E-state index contributed by atoms with van der Waals surface area (Å²) in [6.07, 6.45) is 10.9. The van der Waals surface area contributed by atoms with E-state index in [1.54, 1.807) is 6.20 Å². The molecule has 2 rings (SSSR count). The van der Waals surface area contributed by atoms with Crippen LogP contribution in [0.25, 0.3) is 0 Å². The number of nitriles is 1. The van der Waals surface area contributed by atoms with Gasteiger partial charge in [0.2, 0.25) is 0 Å². The fourth-order valence-electron chi connectivity index (χ4n) is 1.58. The third kappa shape index (κ3) is 2.53. The second-order valence-corrected chi connectivity index (χ2v) is 3.51. The number of aromatic nitrogens is 2. The van der Waals surface area contributed by atoms with Crippen LogP contribution in [0.2, 0.25) is 0 Å². The summed E-state index contributed by atoms with van der Waals surface area (Å²) in [5.74, 6) is 0.727. The van der Waals surface area contributed by atoms with Gasteiger partial charge in [0.05, 0.1) is 12.4 Å². The Morgan fingerprint density at radius 2 is 2.33 bits per heavy atom. The zero-order valence-electron chi connectivity index (χ0n) is 8.35. The molecular weight excluding hydrogens is 188 g/mol. The minimum atomic E-state index is 0.347. The summed E-state index contributed by atoms with van der Waals surface area (Å²) >= 11 is 0. The van der Waals surface area contributed by atoms with Crippen LogP contribution >= 0.6 is 0 Å². The van der Waals surface area contributed by atoms with Crippen molar-refractivity contribution in [1.82, 2.24) is 9.97 Å². The molecule has 1 aliphatic rings. The normalized spacial score (nSPS) is 19.5. The minimum Gasteiger partial charge on any atom is -0.363 e. The largest absolute Gasteiger partial charge is 0.363 e. The van der Waals surface area contributed by atoms with E-state index in [0.29, 0.717) is 11.7 Å². The smallest absolute Gasteiger partial charge is 0.158 e. The van der Waals surface area contributed by atoms with E-state index in [0.717, 1.165) is 18.7 Å². The predicted octanol–water partition coefficient (Wildman–Crippen LogP) is 1.87. The van der Waals surface area contributed by atoms with Gasteiger partial charge in [-0.3, -0.25) is 0 Å².